The molecule has 0 bridgehead atoms. The van der Waals surface area contributed by atoms with Gasteiger partial charge in [0.1, 0.15) is 11.7 Å². The van der Waals surface area contributed by atoms with Crippen LogP contribution in [-0.4, -0.2) is 29.3 Å². The van der Waals surface area contributed by atoms with Crippen LogP contribution in [0.1, 0.15) is 45.1 Å². The lowest BCUT2D eigenvalue weighted by Gasteiger charge is -2.37. The summed E-state index contributed by atoms with van der Waals surface area (Å²) in [6.07, 6.45) is 2.33. The molecule has 1 N–H and O–H groups in total. The van der Waals surface area contributed by atoms with E-state index in [-0.39, 0.29) is 23.2 Å². The largest absolute Gasteiger partial charge is 0.508 e. The molecule has 4 nitrogen and oxygen atoms in total. The lowest BCUT2D eigenvalue weighted by atomic mass is 9.85. The van der Waals surface area contributed by atoms with Crippen LogP contribution in [0.3, 0.4) is 0 Å². The van der Waals surface area contributed by atoms with E-state index in [2.05, 4.69) is 18.7 Å². The lowest BCUT2D eigenvalue weighted by Crippen LogP contribution is -2.47. The Bertz CT molecular complexity index is 549. The molecule has 1 heterocycles. The molecule has 0 radical (unpaired) electrons. The highest BCUT2D eigenvalue weighted by molar-refractivity contribution is 5.87. The summed E-state index contributed by atoms with van der Waals surface area (Å²) in [6.45, 7) is 6.37. The zero-order valence-corrected chi connectivity index (χ0v) is 12.2. The minimum absolute atomic E-state index is 0.200. The van der Waals surface area contributed by atoms with Crippen molar-refractivity contribution in [3.63, 3.8) is 0 Å². The minimum atomic E-state index is -0.342. The number of esters is 1. The predicted molar refractivity (Wildman–Crippen MR) is 77.1 cm³/mol. The van der Waals surface area contributed by atoms with Gasteiger partial charge in [-0.1, -0.05) is 0 Å². The van der Waals surface area contributed by atoms with Crippen LogP contribution in [0.2, 0.25) is 0 Å². The average molecular weight is 275 g/mol. The number of hydrogen-bond acceptors (Lipinski definition) is 4. The van der Waals surface area contributed by atoms with E-state index in [4.69, 9.17) is 4.74 Å². The third-order valence-electron chi connectivity index (χ3n) is 4.34. The quantitative estimate of drug-likeness (QED) is 0.862. The summed E-state index contributed by atoms with van der Waals surface area (Å²) >= 11 is 0. The Morgan fingerprint density at radius 2 is 2.15 bits per heavy atom. The molecule has 4 heteroatoms. The Kier molecular flexibility index (Phi) is 2.92. The van der Waals surface area contributed by atoms with Crippen molar-refractivity contribution in [3.05, 3.63) is 23.8 Å². The van der Waals surface area contributed by atoms with Gasteiger partial charge in [-0.25, -0.2) is 0 Å². The number of fused-ring (bicyclic) bond motifs is 1. The molecule has 1 unspecified atom stereocenters. The third-order valence-corrected chi connectivity index (χ3v) is 4.34. The van der Waals surface area contributed by atoms with Crippen LogP contribution in [0, 0.1) is 0 Å². The number of carbonyl (C=O) groups excluding carboxylic acids is 1. The zero-order valence-electron chi connectivity index (χ0n) is 12.2. The van der Waals surface area contributed by atoms with E-state index in [0.717, 1.165) is 11.3 Å². The van der Waals surface area contributed by atoms with Gasteiger partial charge in [0.2, 0.25) is 0 Å². The molecule has 1 aromatic rings. The molecule has 108 valence electrons. The van der Waals surface area contributed by atoms with E-state index in [9.17, 15) is 9.90 Å². The molecule has 0 amide bonds. The molecular formula is C16H21NO3. The van der Waals surface area contributed by atoms with E-state index in [1.807, 2.05) is 13.0 Å². The molecule has 3 rings (SSSR count). The normalized spacial score (nSPS) is 23.6. The lowest BCUT2D eigenvalue weighted by molar-refractivity contribution is -0.146. The third kappa shape index (κ3) is 1.86. The number of benzene rings is 1. The van der Waals surface area contributed by atoms with E-state index >= 15 is 0 Å². The predicted octanol–water partition coefficient (Wildman–Crippen LogP) is 2.80. The molecule has 20 heavy (non-hydrogen) atoms. The topological polar surface area (TPSA) is 49.8 Å². The number of phenols is 1. The first-order chi connectivity index (χ1) is 9.46. The summed E-state index contributed by atoms with van der Waals surface area (Å²) in [6, 6.07) is 5.83. The maximum atomic E-state index is 12.4. The highest BCUT2D eigenvalue weighted by Crippen LogP contribution is 2.53. The molecule has 1 atom stereocenters. The Morgan fingerprint density at radius 3 is 2.75 bits per heavy atom. The average Bonchev–Trinajstić information content (AvgIpc) is 3.13. The van der Waals surface area contributed by atoms with Gasteiger partial charge >= 0.3 is 5.97 Å². The molecule has 0 saturated heterocycles. The SMILES string of the molecule is CCOC(=O)C1c2cc(O)ccc2N(C2CC2)C1(C)C. The van der Waals surface area contributed by atoms with Crippen LogP contribution in [0.4, 0.5) is 5.69 Å². The summed E-state index contributed by atoms with van der Waals surface area (Å²) in [5.41, 5.74) is 1.64. The minimum Gasteiger partial charge on any atom is -0.508 e. The van der Waals surface area contributed by atoms with E-state index in [0.29, 0.717) is 12.6 Å². The number of rotatable bonds is 3. The summed E-state index contributed by atoms with van der Waals surface area (Å²) < 4.78 is 5.26. The molecule has 1 aliphatic carbocycles. The van der Waals surface area contributed by atoms with Gasteiger partial charge in [-0.2, -0.15) is 0 Å². The second kappa shape index (κ2) is 4.40. The first kappa shape index (κ1) is 13.3. The van der Waals surface area contributed by atoms with E-state index in [1.165, 1.54) is 12.8 Å². The molecule has 1 fully saturated rings. The van der Waals surface area contributed by atoms with Gasteiger partial charge in [0, 0.05) is 11.7 Å². The van der Waals surface area contributed by atoms with Crippen LogP contribution in [0.5, 0.6) is 5.75 Å². The first-order valence-electron chi connectivity index (χ1n) is 7.25. The molecule has 0 aromatic heterocycles. The molecule has 1 aromatic carbocycles. The number of aromatic hydroxyl groups is 1. The van der Waals surface area contributed by atoms with Crippen LogP contribution in [0.25, 0.3) is 0 Å². The zero-order chi connectivity index (χ0) is 14.5. The fourth-order valence-electron chi connectivity index (χ4n) is 3.46. The standard InChI is InChI=1S/C16H21NO3/c1-4-20-15(19)14-12-9-11(18)7-8-13(12)17(10-5-6-10)16(14,2)3/h7-10,14,18H,4-6H2,1-3H3. The summed E-state index contributed by atoms with van der Waals surface area (Å²) in [5, 5.41) is 9.77. The number of phenolic OH excluding ortho intramolecular Hbond substituents is 1. The Morgan fingerprint density at radius 1 is 1.45 bits per heavy atom. The highest BCUT2D eigenvalue weighted by Gasteiger charge is 2.53. The maximum Gasteiger partial charge on any atom is 0.315 e. The molecular weight excluding hydrogens is 254 g/mol. The van der Waals surface area contributed by atoms with E-state index < -0.39 is 0 Å². The number of hydrogen-bond donors (Lipinski definition) is 1. The molecule has 2 aliphatic rings. The van der Waals surface area contributed by atoms with Crippen LogP contribution in [-0.2, 0) is 9.53 Å². The number of nitrogens with zero attached hydrogens (tertiary/aromatic N) is 1. The summed E-state index contributed by atoms with van der Waals surface area (Å²) in [4.78, 5) is 14.7. The van der Waals surface area contributed by atoms with Gasteiger partial charge in [0.05, 0.1) is 12.1 Å². The highest BCUT2D eigenvalue weighted by atomic mass is 16.5. The first-order valence-corrected chi connectivity index (χ1v) is 7.25. The molecule has 1 aliphatic heterocycles. The molecule has 1 saturated carbocycles. The van der Waals surface area contributed by atoms with Crippen molar-refractivity contribution < 1.29 is 14.6 Å². The van der Waals surface area contributed by atoms with Crippen LogP contribution >= 0.6 is 0 Å². The van der Waals surface area contributed by atoms with Gasteiger partial charge in [-0.3, -0.25) is 4.79 Å². The van der Waals surface area contributed by atoms with Crippen molar-refractivity contribution in [2.24, 2.45) is 0 Å². The van der Waals surface area contributed by atoms with Crippen molar-refractivity contribution in [2.45, 2.75) is 51.1 Å². The Labute approximate surface area is 119 Å². The number of ether oxygens (including phenoxy) is 1. The van der Waals surface area contributed by atoms with Crippen molar-refractivity contribution >= 4 is 11.7 Å². The number of carbonyl (C=O) groups is 1. The number of anilines is 1. The fraction of sp³-hybridized carbons (Fsp3) is 0.562. The van der Waals surface area contributed by atoms with Crippen molar-refractivity contribution in [2.75, 3.05) is 11.5 Å². The maximum absolute atomic E-state index is 12.4. The Balaban J connectivity index is 2.09. The second-order valence-corrected chi connectivity index (χ2v) is 6.18. The van der Waals surface area contributed by atoms with Gasteiger partial charge in [0.25, 0.3) is 0 Å². The second-order valence-electron chi connectivity index (χ2n) is 6.18. The van der Waals surface area contributed by atoms with Gasteiger partial charge < -0.3 is 14.7 Å². The van der Waals surface area contributed by atoms with Crippen molar-refractivity contribution in [3.8, 4) is 5.75 Å². The van der Waals surface area contributed by atoms with Crippen LogP contribution < -0.4 is 4.90 Å². The van der Waals surface area contributed by atoms with Crippen LogP contribution in [0.15, 0.2) is 18.2 Å². The van der Waals surface area contributed by atoms with E-state index in [1.54, 1.807) is 12.1 Å². The summed E-state index contributed by atoms with van der Waals surface area (Å²) in [7, 11) is 0. The van der Waals surface area contributed by atoms with Crippen molar-refractivity contribution in [1.29, 1.82) is 0 Å². The van der Waals surface area contributed by atoms with Crippen molar-refractivity contribution in [1.82, 2.24) is 0 Å². The van der Waals surface area contributed by atoms with Gasteiger partial charge in [0.15, 0.2) is 0 Å². The monoisotopic (exact) mass is 275 g/mol. The fourth-order valence-corrected chi connectivity index (χ4v) is 3.46. The Hall–Kier alpha value is -1.71. The van der Waals surface area contributed by atoms with Gasteiger partial charge in [-0.15, -0.1) is 0 Å². The van der Waals surface area contributed by atoms with Gasteiger partial charge in [-0.05, 0) is 57.4 Å². The molecule has 0 spiro atoms. The summed E-state index contributed by atoms with van der Waals surface area (Å²) in [5.74, 6) is -0.343. The smallest absolute Gasteiger partial charge is 0.315 e.